The smallest absolute Gasteiger partial charge is 0.270 e. The quantitative estimate of drug-likeness (QED) is 0.584. The third-order valence-corrected chi connectivity index (χ3v) is 7.77. The van der Waals surface area contributed by atoms with Crippen molar-refractivity contribution in [2.24, 2.45) is 5.92 Å². The Kier molecular flexibility index (Phi) is 6.02. The van der Waals surface area contributed by atoms with Gasteiger partial charge < -0.3 is 10.0 Å². The van der Waals surface area contributed by atoms with E-state index >= 15 is 0 Å². The Balaban J connectivity index is 1.95. The number of rotatable bonds is 6. The summed E-state index contributed by atoms with van der Waals surface area (Å²) in [7, 11) is -1.92. The molecule has 0 atom stereocenters. The number of sulfonamides is 1. The molecule has 3 rings (SSSR count). The molecule has 0 spiro atoms. The fraction of sp³-hybridized carbons (Fsp3) is 0.667. The highest BCUT2D eigenvalue weighted by molar-refractivity contribution is 7.89. The van der Waals surface area contributed by atoms with Crippen LogP contribution in [0.3, 0.4) is 0 Å². The van der Waals surface area contributed by atoms with E-state index in [1.807, 2.05) is 11.9 Å². The minimum absolute atomic E-state index is 0.0189. The van der Waals surface area contributed by atoms with Gasteiger partial charge in [-0.2, -0.15) is 4.31 Å². The summed E-state index contributed by atoms with van der Waals surface area (Å²) in [4.78, 5) is 12.6. The van der Waals surface area contributed by atoms with Crippen LogP contribution in [-0.2, 0) is 10.0 Å². The zero-order valence-corrected chi connectivity index (χ0v) is 16.4. The summed E-state index contributed by atoms with van der Waals surface area (Å²) >= 11 is 0. The molecule has 150 valence electrons. The summed E-state index contributed by atoms with van der Waals surface area (Å²) in [5, 5.41) is 20.5. The summed E-state index contributed by atoms with van der Waals surface area (Å²) in [6, 6.07) is 4.27. The Morgan fingerprint density at radius 3 is 2.41 bits per heavy atom. The Morgan fingerprint density at radius 1 is 1.22 bits per heavy atom. The van der Waals surface area contributed by atoms with Gasteiger partial charge >= 0.3 is 0 Å². The zero-order chi connectivity index (χ0) is 19.6. The summed E-state index contributed by atoms with van der Waals surface area (Å²) < 4.78 is 27.7. The number of non-ortho nitro benzene ring substituents is 1. The monoisotopic (exact) mass is 397 g/mol. The second-order valence-corrected chi connectivity index (χ2v) is 9.39. The van der Waals surface area contributed by atoms with Gasteiger partial charge in [0.1, 0.15) is 4.90 Å². The zero-order valence-electron chi connectivity index (χ0n) is 15.6. The molecule has 1 heterocycles. The van der Waals surface area contributed by atoms with Gasteiger partial charge in [-0.15, -0.1) is 0 Å². The van der Waals surface area contributed by atoms with E-state index < -0.39 is 14.9 Å². The van der Waals surface area contributed by atoms with Gasteiger partial charge in [0.05, 0.1) is 10.6 Å². The number of nitro benzene ring substituents is 1. The Morgan fingerprint density at radius 2 is 1.85 bits per heavy atom. The Bertz CT molecular complexity index is 784. The molecule has 1 aliphatic carbocycles. The van der Waals surface area contributed by atoms with Crippen molar-refractivity contribution in [1.82, 2.24) is 4.31 Å². The molecule has 8 nitrogen and oxygen atoms in total. The lowest BCUT2D eigenvalue weighted by Crippen LogP contribution is -2.37. The summed E-state index contributed by atoms with van der Waals surface area (Å²) in [5.41, 5.74) is 0.300. The fourth-order valence-corrected chi connectivity index (χ4v) is 5.86. The molecule has 0 aromatic heterocycles. The molecule has 27 heavy (non-hydrogen) atoms. The topological polar surface area (TPSA) is 104 Å². The first kappa shape index (κ1) is 20.0. The molecule has 1 saturated heterocycles. The Hall–Kier alpha value is -1.71. The normalized spacial score (nSPS) is 24.1. The van der Waals surface area contributed by atoms with Gasteiger partial charge in [-0.05, 0) is 50.5 Å². The van der Waals surface area contributed by atoms with Crippen LogP contribution >= 0.6 is 0 Å². The van der Waals surface area contributed by atoms with Crippen molar-refractivity contribution in [3.63, 3.8) is 0 Å². The van der Waals surface area contributed by atoms with Crippen molar-refractivity contribution in [1.29, 1.82) is 0 Å². The molecule has 0 unspecified atom stereocenters. The van der Waals surface area contributed by atoms with Crippen LogP contribution < -0.4 is 4.90 Å². The predicted octanol–water partition coefficient (Wildman–Crippen LogP) is 2.37. The number of aliphatic hydroxyl groups is 1. The minimum atomic E-state index is -3.78. The van der Waals surface area contributed by atoms with Crippen LogP contribution in [0.15, 0.2) is 23.1 Å². The summed E-state index contributed by atoms with van der Waals surface area (Å²) in [5.74, 6) is 0.305. The predicted molar refractivity (Wildman–Crippen MR) is 102 cm³/mol. The number of aliphatic hydroxyl groups excluding tert-OH is 1. The average Bonchev–Trinajstić information content (AvgIpc) is 3.22. The molecule has 9 heteroatoms. The van der Waals surface area contributed by atoms with Gasteiger partial charge in [0.25, 0.3) is 5.69 Å². The van der Waals surface area contributed by atoms with Crippen LogP contribution in [0.2, 0.25) is 0 Å². The molecule has 1 aromatic carbocycles. The number of anilines is 1. The fourth-order valence-electron chi connectivity index (χ4n) is 4.09. The lowest BCUT2D eigenvalue weighted by molar-refractivity contribution is -0.385. The van der Waals surface area contributed by atoms with Crippen molar-refractivity contribution in [3.8, 4) is 0 Å². The highest BCUT2D eigenvalue weighted by Crippen LogP contribution is 2.36. The lowest BCUT2D eigenvalue weighted by Gasteiger charge is -2.36. The molecule has 1 N–H and O–H groups in total. The standard InChI is InChI=1S/C18H27N3O5S/c1-19(15-6-4-14(13-22)5-7-15)17-9-8-16(21(23)24)12-18(17)27(25,26)20-10-2-3-11-20/h8-9,12,14-15,22H,2-7,10-11,13H2,1H3. The van der Waals surface area contributed by atoms with Crippen LogP contribution in [0.5, 0.6) is 0 Å². The van der Waals surface area contributed by atoms with Crippen molar-refractivity contribution in [2.45, 2.75) is 49.5 Å². The van der Waals surface area contributed by atoms with Gasteiger partial charge in [0.15, 0.2) is 0 Å². The third kappa shape index (κ3) is 4.09. The van der Waals surface area contributed by atoms with Gasteiger partial charge in [0, 0.05) is 44.9 Å². The molecule has 0 radical (unpaired) electrons. The Labute approximate surface area is 160 Å². The first-order valence-corrected chi connectivity index (χ1v) is 10.9. The van der Waals surface area contributed by atoms with Crippen LogP contribution in [0.1, 0.15) is 38.5 Å². The van der Waals surface area contributed by atoms with E-state index in [-0.39, 0.29) is 23.2 Å². The van der Waals surface area contributed by atoms with Crippen molar-refractivity contribution in [2.75, 3.05) is 31.6 Å². The number of hydrogen-bond acceptors (Lipinski definition) is 6. The maximum absolute atomic E-state index is 13.2. The molecular formula is C18H27N3O5S. The maximum Gasteiger partial charge on any atom is 0.270 e. The van der Waals surface area contributed by atoms with Crippen molar-refractivity contribution >= 4 is 21.4 Å². The second-order valence-electron chi connectivity index (χ2n) is 7.49. The summed E-state index contributed by atoms with van der Waals surface area (Å²) in [6.45, 7) is 1.09. The van der Waals surface area contributed by atoms with E-state index in [9.17, 15) is 23.6 Å². The second kappa shape index (κ2) is 8.12. The highest BCUT2D eigenvalue weighted by Gasteiger charge is 2.33. The number of nitrogens with zero attached hydrogens (tertiary/aromatic N) is 3. The molecule has 1 aliphatic heterocycles. The van der Waals surface area contributed by atoms with Gasteiger partial charge in [0.2, 0.25) is 10.0 Å². The van der Waals surface area contributed by atoms with Crippen LogP contribution in [0.4, 0.5) is 11.4 Å². The van der Waals surface area contributed by atoms with Crippen LogP contribution in [0.25, 0.3) is 0 Å². The summed E-state index contributed by atoms with van der Waals surface area (Å²) in [6.07, 6.45) is 5.14. The SMILES string of the molecule is CN(c1ccc([N+](=O)[O-])cc1S(=O)(=O)N1CCCC1)C1CCC(CO)CC1. The van der Waals surface area contributed by atoms with E-state index in [1.165, 1.54) is 16.4 Å². The van der Waals surface area contributed by atoms with Gasteiger partial charge in [-0.25, -0.2) is 8.42 Å². The third-order valence-electron chi connectivity index (χ3n) is 5.84. The van der Waals surface area contributed by atoms with Gasteiger partial charge in [-0.3, -0.25) is 10.1 Å². The molecular weight excluding hydrogens is 370 g/mol. The van der Waals surface area contributed by atoms with Crippen LogP contribution in [-0.4, -0.2) is 55.5 Å². The van der Waals surface area contributed by atoms with Crippen molar-refractivity contribution < 1.29 is 18.4 Å². The molecule has 2 fully saturated rings. The molecule has 1 saturated carbocycles. The first-order chi connectivity index (χ1) is 12.8. The maximum atomic E-state index is 13.2. The van der Waals surface area contributed by atoms with E-state index in [2.05, 4.69) is 0 Å². The molecule has 0 bridgehead atoms. The van der Waals surface area contributed by atoms with E-state index in [0.717, 1.165) is 38.5 Å². The van der Waals surface area contributed by atoms with E-state index in [1.54, 1.807) is 6.07 Å². The van der Waals surface area contributed by atoms with E-state index in [0.29, 0.717) is 24.7 Å². The lowest BCUT2D eigenvalue weighted by atomic mass is 9.86. The first-order valence-electron chi connectivity index (χ1n) is 9.47. The number of nitro groups is 1. The number of hydrogen-bond donors (Lipinski definition) is 1. The largest absolute Gasteiger partial charge is 0.396 e. The average molecular weight is 397 g/mol. The molecule has 0 amide bonds. The van der Waals surface area contributed by atoms with E-state index in [4.69, 9.17) is 0 Å². The van der Waals surface area contributed by atoms with Crippen molar-refractivity contribution in [3.05, 3.63) is 28.3 Å². The van der Waals surface area contributed by atoms with Gasteiger partial charge in [-0.1, -0.05) is 0 Å². The highest BCUT2D eigenvalue weighted by atomic mass is 32.2. The molecule has 1 aromatic rings. The minimum Gasteiger partial charge on any atom is -0.396 e. The number of benzene rings is 1. The van der Waals surface area contributed by atoms with Crippen LogP contribution in [0, 0.1) is 16.0 Å². The molecule has 2 aliphatic rings.